The lowest BCUT2D eigenvalue weighted by molar-refractivity contribution is 0.0943. The van der Waals surface area contributed by atoms with Crippen molar-refractivity contribution in [2.24, 2.45) is 5.92 Å². The number of aryl methyl sites for hydroxylation is 1. The third-order valence-electron chi connectivity index (χ3n) is 4.52. The Labute approximate surface area is 159 Å². The van der Waals surface area contributed by atoms with Crippen LogP contribution in [0, 0.1) is 18.7 Å². The molecule has 0 unspecified atom stereocenters. The molecule has 0 bridgehead atoms. The Bertz CT molecular complexity index is 803. The molecule has 144 valence electrons. The number of benzene rings is 1. The summed E-state index contributed by atoms with van der Waals surface area (Å²) in [6.07, 6.45) is 0. The molecule has 1 N–H and O–H groups in total. The zero-order valence-corrected chi connectivity index (χ0v) is 16.1. The smallest absolute Gasteiger partial charge is 0.270 e. The maximum atomic E-state index is 14.0. The Morgan fingerprint density at radius 1 is 1.15 bits per heavy atom. The molecule has 7 heteroatoms. The van der Waals surface area contributed by atoms with E-state index in [9.17, 15) is 9.18 Å². The van der Waals surface area contributed by atoms with Gasteiger partial charge in [0.2, 0.25) is 0 Å². The molecule has 0 radical (unpaired) electrons. The van der Waals surface area contributed by atoms with E-state index in [1.165, 1.54) is 6.07 Å². The first-order valence-electron chi connectivity index (χ1n) is 9.32. The minimum absolute atomic E-state index is 0.180. The highest BCUT2D eigenvalue weighted by Gasteiger charge is 2.21. The van der Waals surface area contributed by atoms with Crippen molar-refractivity contribution in [2.75, 3.05) is 42.5 Å². The second kappa shape index (κ2) is 8.33. The Morgan fingerprint density at radius 3 is 2.48 bits per heavy atom. The van der Waals surface area contributed by atoms with Gasteiger partial charge < -0.3 is 15.1 Å². The van der Waals surface area contributed by atoms with E-state index in [1.807, 2.05) is 24.8 Å². The number of aromatic nitrogens is 2. The summed E-state index contributed by atoms with van der Waals surface area (Å²) in [7, 11) is 0. The summed E-state index contributed by atoms with van der Waals surface area (Å²) >= 11 is 0. The normalized spacial score (nSPS) is 14.6. The first-order valence-corrected chi connectivity index (χ1v) is 9.32. The molecule has 1 saturated heterocycles. The van der Waals surface area contributed by atoms with Crippen LogP contribution in [0.3, 0.4) is 0 Å². The number of carbonyl (C=O) groups excluding carboxylic acids is 1. The third-order valence-corrected chi connectivity index (χ3v) is 4.52. The molecule has 0 spiro atoms. The average Bonchev–Trinajstić information content (AvgIpc) is 2.66. The van der Waals surface area contributed by atoms with Crippen molar-refractivity contribution in [1.29, 1.82) is 0 Å². The molecule has 1 aromatic heterocycles. The maximum Gasteiger partial charge on any atom is 0.270 e. The summed E-state index contributed by atoms with van der Waals surface area (Å²) in [4.78, 5) is 25.3. The summed E-state index contributed by atoms with van der Waals surface area (Å²) in [6.45, 7) is 9.29. The molecule has 0 atom stereocenters. The van der Waals surface area contributed by atoms with Gasteiger partial charge in [0.05, 0.1) is 5.69 Å². The molecule has 1 aromatic carbocycles. The number of para-hydroxylation sites is 1. The molecule has 3 rings (SSSR count). The number of nitrogens with one attached hydrogen (secondary N) is 1. The maximum absolute atomic E-state index is 14.0. The summed E-state index contributed by atoms with van der Waals surface area (Å²) in [6, 6.07) is 8.57. The van der Waals surface area contributed by atoms with Crippen molar-refractivity contribution >= 4 is 17.4 Å². The van der Waals surface area contributed by atoms with Crippen LogP contribution >= 0.6 is 0 Å². The van der Waals surface area contributed by atoms with Gasteiger partial charge in [-0.25, -0.2) is 14.4 Å². The number of rotatable bonds is 5. The molecule has 6 nitrogen and oxygen atoms in total. The quantitative estimate of drug-likeness (QED) is 0.876. The number of amides is 1. The van der Waals surface area contributed by atoms with Crippen LogP contribution < -0.4 is 15.1 Å². The van der Waals surface area contributed by atoms with Crippen molar-refractivity contribution in [3.63, 3.8) is 0 Å². The van der Waals surface area contributed by atoms with Crippen LogP contribution in [-0.4, -0.2) is 48.6 Å². The molecule has 1 aliphatic rings. The van der Waals surface area contributed by atoms with Gasteiger partial charge in [0.15, 0.2) is 0 Å². The number of halogens is 1. The van der Waals surface area contributed by atoms with Gasteiger partial charge >= 0.3 is 0 Å². The molecule has 2 aromatic rings. The average molecular weight is 371 g/mol. The van der Waals surface area contributed by atoms with Crippen LogP contribution in [0.1, 0.15) is 30.2 Å². The summed E-state index contributed by atoms with van der Waals surface area (Å²) in [5.41, 5.74) is 1.01. The van der Waals surface area contributed by atoms with Gasteiger partial charge in [0, 0.05) is 38.8 Å². The number of carbonyl (C=O) groups is 1. The van der Waals surface area contributed by atoms with Crippen LogP contribution in [0.5, 0.6) is 0 Å². The lowest BCUT2D eigenvalue weighted by atomic mass is 10.2. The molecule has 1 amide bonds. The van der Waals surface area contributed by atoms with E-state index in [4.69, 9.17) is 0 Å². The number of nitrogens with zero attached hydrogens (tertiary/aromatic N) is 4. The highest BCUT2D eigenvalue weighted by atomic mass is 19.1. The van der Waals surface area contributed by atoms with Crippen LogP contribution in [0.15, 0.2) is 30.3 Å². The minimum atomic E-state index is -0.201. The van der Waals surface area contributed by atoms with E-state index in [0.29, 0.717) is 55.8 Å². The van der Waals surface area contributed by atoms with Crippen molar-refractivity contribution in [3.8, 4) is 0 Å². The number of anilines is 2. The van der Waals surface area contributed by atoms with Gasteiger partial charge in [-0.1, -0.05) is 26.0 Å². The SMILES string of the molecule is Cc1nc(C(=O)NCC(C)C)cc(N2CCN(c3ccccc3F)CC2)n1. The van der Waals surface area contributed by atoms with E-state index in [0.717, 1.165) is 5.82 Å². The molecule has 1 fully saturated rings. The minimum Gasteiger partial charge on any atom is -0.366 e. The predicted molar refractivity (Wildman–Crippen MR) is 105 cm³/mol. The molecule has 1 aliphatic heterocycles. The van der Waals surface area contributed by atoms with Gasteiger partial charge in [0.1, 0.15) is 23.2 Å². The Kier molecular flexibility index (Phi) is 5.88. The molecular formula is C20H26FN5O. The topological polar surface area (TPSA) is 61.4 Å². The lowest BCUT2D eigenvalue weighted by Crippen LogP contribution is -2.47. The fourth-order valence-electron chi connectivity index (χ4n) is 3.10. The monoisotopic (exact) mass is 371 g/mol. The fourth-order valence-corrected chi connectivity index (χ4v) is 3.10. The highest BCUT2D eigenvalue weighted by Crippen LogP contribution is 2.22. The molecular weight excluding hydrogens is 345 g/mol. The number of hydrogen-bond acceptors (Lipinski definition) is 5. The van der Waals surface area contributed by atoms with Crippen LogP contribution in [-0.2, 0) is 0 Å². The fraction of sp³-hybridized carbons (Fsp3) is 0.450. The highest BCUT2D eigenvalue weighted by molar-refractivity contribution is 5.93. The van der Waals surface area contributed by atoms with E-state index in [1.54, 1.807) is 25.1 Å². The van der Waals surface area contributed by atoms with E-state index >= 15 is 0 Å². The van der Waals surface area contributed by atoms with E-state index in [2.05, 4.69) is 20.2 Å². The summed E-state index contributed by atoms with van der Waals surface area (Å²) in [5, 5.41) is 2.89. The number of hydrogen-bond donors (Lipinski definition) is 1. The van der Waals surface area contributed by atoms with E-state index in [-0.39, 0.29) is 11.7 Å². The van der Waals surface area contributed by atoms with Gasteiger partial charge in [-0.3, -0.25) is 4.79 Å². The summed E-state index contributed by atoms with van der Waals surface area (Å²) < 4.78 is 14.0. The third kappa shape index (κ3) is 4.72. The second-order valence-corrected chi connectivity index (χ2v) is 7.19. The van der Waals surface area contributed by atoms with Crippen molar-refractivity contribution < 1.29 is 9.18 Å². The standard InChI is InChI=1S/C20H26FN5O/c1-14(2)13-22-20(27)17-12-19(24-15(3)23-17)26-10-8-25(9-11-26)18-7-5-4-6-16(18)21/h4-7,12,14H,8-11,13H2,1-3H3,(H,22,27). The van der Waals surface area contributed by atoms with Gasteiger partial charge in [0.25, 0.3) is 5.91 Å². The van der Waals surface area contributed by atoms with Crippen LogP contribution in [0.25, 0.3) is 0 Å². The van der Waals surface area contributed by atoms with Crippen LogP contribution in [0.4, 0.5) is 15.9 Å². The van der Waals surface area contributed by atoms with E-state index < -0.39 is 0 Å². The van der Waals surface area contributed by atoms with Gasteiger partial charge in [-0.15, -0.1) is 0 Å². The zero-order chi connectivity index (χ0) is 19.4. The first-order chi connectivity index (χ1) is 12.9. The van der Waals surface area contributed by atoms with Crippen molar-refractivity contribution in [1.82, 2.24) is 15.3 Å². The second-order valence-electron chi connectivity index (χ2n) is 7.19. The lowest BCUT2D eigenvalue weighted by Gasteiger charge is -2.37. The number of piperazine rings is 1. The Hall–Kier alpha value is -2.70. The zero-order valence-electron chi connectivity index (χ0n) is 16.1. The van der Waals surface area contributed by atoms with Crippen LogP contribution in [0.2, 0.25) is 0 Å². The van der Waals surface area contributed by atoms with Gasteiger partial charge in [-0.2, -0.15) is 0 Å². The molecule has 27 heavy (non-hydrogen) atoms. The molecule has 0 aliphatic carbocycles. The van der Waals surface area contributed by atoms with Gasteiger partial charge in [-0.05, 0) is 25.0 Å². The molecule has 0 saturated carbocycles. The Balaban J connectivity index is 1.69. The van der Waals surface area contributed by atoms with Crippen molar-refractivity contribution in [3.05, 3.63) is 47.7 Å². The summed E-state index contributed by atoms with van der Waals surface area (Å²) in [5.74, 6) is 1.31. The Morgan fingerprint density at radius 2 is 1.81 bits per heavy atom. The molecule has 2 heterocycles. The van der Waals surface area contributed by atoms with Crippen molar-refractivity contribution in [2.45, 2.75) is 20.8 Å². The largest absolute Gasteiger partial charge is 0.366 e. The first kappa shape index (κ1) is 19.1. The predicted octanol–water partition coefficient (Wildman–Crippen LogP) is 2.64.